The molecule has 0 bridgehead atoms. The number of halogens is 1. The van der Waals surface area contributed by atoms with Crippen LogP contribution in [-0.2, 0) is 11.3 Å². The first kappa shape index (κ1) is 14.7. The van der Waals surface area contributed by atoms with Gasteiger partial charge in [-0.25, -0.2) is 4.98 Å². The molecule has 1 aliphatic rings. The highest BCUT2D eigenvalue weighted by Crippen LogP contribution is 2.23. The highest BCUT2D eigenvalue weighted by Gasteiger charge is 2.20. The van der Waals surface area contributed by atoms with Gasteiger partial charge in [0.2, 0.25) is 5.13 Å². The van der Waals surface area contributed by atoms with Crippen LogP contribution in [-0.4, -0.2) is 42.6 Å². The van der Waals surface area contributed by atoms with E-state index in [0.717, 1.165) is 41.6 Å². The predicted molar refractivity (Wildman–Crippen MR) is 89.2 cm³/mol. The molecule has 2 heterocycles. The van der Waals surface area contributed by atoms with Crippen molar-refractivity contribution in [2.75, 3.05) is 43.1 Å². The smallest absolute Gasteiger partial charge is 0.205 e. The fourth-order valence-electron chi connectivity index (χ4n) is 2.37. The number of ether oxygens (including phenoxy) is 1. The molecule has 0 atom stereocenters. The lowest BCUT2D eigenvalue weighted by atomic mass is 10.2. The highest BCUT2D eigenvalue weighted by atomic mass is 79.9. The Hall–Kier alpha value is -1.18. The van der Waals surface area contributed by atoms with E-state index >= 15 is 0 Å². The van der Waals surface area contributed by atoms with Crippen molar-refractivity contribution in [2.24, 2.45) is 0 Å². The van der Waals surface area contributed by atoms with Crippen molar-refractivity contribution in [3.63, 3.8) is 0 Å². The summed E-state index contributed by atoms with van der Waals surface area (Å²) in [5, 5.41) is 0.998. The van der Waals surface area contributed by atoms with Crippen LogP contribution in [0.25, 0.3) is 0 Å². The van der Waals surface area contributed by atoms with Gasteiger partial charge in [-0.3, -0.25) is 0 Å². The molecule has 1 aliphatic heterocycles. The first-order valence-electron chi connectivity index (χ1n) is 6.83. The molecule has 0 aliphatic carbocycles. The predicted octanol–water partition coefficient (Wildman–Crippen LogP) is 2.77. The van der Waals surface area contributed by atoms with Crippen LogP contribution in [0.4, 0.5) is 10.8 Å². The van der Waals surface area contributed by atoms with Gasteiger partial charge in [-0.1, -0.05) is 15.9 Å². The first-order chi connectivity index (χ1) is 10.3. The summed E-state index contributed by atoms with van der Waals surface area (Å²) in [5.41, 5.74) is 1.27. The molecular weight excluding hydrogens is 352 g/mol. The van der Waals surface area contributed by atoms with E-state index in [-0.39, 0.29) is 0 Å². The van der Waals surface area contributed by atoms with E-state index in [1.54, 1.807) is 7.11 Å². The van der Waals surface area contributed by atoms with E-state index in [1.165, 1.54) is 17.2 Å². The zero-order valence-electron chi connectivity index (χ0n) is 11.8. The van der Waals surface area contributed by atoms with E-state index in [9.17, 15) is 0 Å². The van der Waals surface area contributed by atoms with Gasteiger partial charge in [-0.05, 0) is 24.3 Å². The van der Waals surface area contributed by atoms with Crippen molar-refractivity contribution >= 4 is 38.3 Å². The van der Waals surface area contributed by atoms with Gasteiger partial charge < -0.3 is 14.5 Å². The monoisotopic (exact) mass is 368 g/mol. The quantitative estimate of drug-likeness (QED) is 0.829. The lowest BCUT2D eigenvalue weighted by Crippen LogP contribution is -2.46. The summed E-state index contributed by atoms with van der Waals surface area (Å²) in [6.07, 6.45) is 0. The molecule has 1 fully saturated rings. The number of methoxy groups -OCH3 is 1. The van der Waals surface area contributed by atoms with E-state index in [4.69, 9.17) is 4.74 Å². The summed E-state index contributed by atoms with van der Waals surface area (Å²) in [5.74, 6) is 0.771. The van der Waals surface area contributed by atoms with Crippen molar-refractivity contribution in [1.29, 1.82) is 0 Å². The lowest BCUT2D eigenvalue weighted by molar-refractivity contribution is 0.179. The van der Waals surface area contributed by atoms with Crippen molar-refractivity contribution in [1.82, 2.24) is 9.36 Å². The average molecular weight is 369 g/mol. The Morgan fingerprint density at radius 1 is 1.14 bits per heavy atom. The van der Waals surface area contributed by atoms with Crippen molar-refractivity contribution < 1.29 is 4.74 Å². The molecular formula is C14H17BrN4OS. The fourth-order valence-corrected chi connectivity index (χ4v) is 3.36. The van der Waals surface area contributed by atoms with Crippen molar-refractivity contribution in [3.05, 3.63) is 34.6 Å². The number of benzene rings is 1. The summed E-state index contributed by atoms with van der Waals surface area (Å²) in [7, 11) is 1.66. The minimum absolute atomic E-state index is 0.482. The Kier molecular flexibility index (Phi) is 4.72. The number of anilines is 2. The lowest BCUT2D eigenvalue weighted by Gasteiger charge is -2.35. The molecule has 0 radical (unpaired) electrons. The number of aromatic nitrogens is 2. The van der Waals surface area contributed by atoms with Crippen LogP contribution in [0, 0.1) is 0 Å². The number of piperazine rings is 1. The Bertz CT molecular complexity index is 581. The third-order valence-electron chi connectivity index (χ3n) is 3.47. The van der Waals surface area contributed by atoms with Crippen LogP contribution in [0.1, 0.15) is 5.82 Å². The maximum absolute atomic E-state index is 5.06. The maximum Gasteiger partial charge on any atom is 0.205 e. The van der Waals surface area contributed by atoms with Crippen molar-refractivity contribution in [2.45, 2.75) is 6.61 Å². The second-order valence-electron chi connectivity index (χ2n) is 4.88. The Labute approximate surface area is 136 Å². The number of hydrogen-bond acceptors (Lipinski definition) is 6. The number of hydrogen-bond donors (Lipinski definition) is 0. The van der Waals surface area contributed by atoms with Crippen LogP contribution < -0.4 is 9.80 Å². The van der Waals surface area contributed by atoms with Crippen LogP contribution in [0.5, 0.6) is 0 Å². The normalized spacial score (nSPS) is 15.5. The Morgan fingerprint density at radius 2 is 1.81 bits per heavy atom. The van der Waals surface area contributed by atoms with Gasteiger partial charge in [0, 0.05) is 55.0 Å². The fraction of sp³-hybridized carbons (Fsp3) is 0.429. The van der Waals surface area contributed by atoms with Crippen LogP contribution in [0.2, 0.25) is 0 Å². The summed E-state index contributed by atoms with van der Waals surface area (Å²) in [4.78, 5) is 9.22. The zero-order chi connectivity index (χ0) is 14.7. The largest absolute Gasteiger partial charge is 0.377 e. The SMILES string of the molecule is COCc1nsc(N2CCN(c3ccc(Br)cc3)CC2)n1. The minimum Gasteiger partial charge on any atom is -0.377 e. The van der Waals surface area contributed by atoms with E-state index < -0.39 is 0 Å². The highest BCUT2D eigenvalue weighted by molar-refractivity contribution is 9.10. The second-order valence-corrected chi connectivity index (χ2v) is 6.52. The maximum atomic E-state index is 5.06. The second kappa shape index (κ2) is 6.72. The molecule has 1 aromatic heterocycles. The van der Waals surface area contributed by atoms with Crippen LogP contribution in [0.15, 0.2) is 28.7 Å². The van der Waals surface area contributed by atoms with E-state index in [1.807, 2.05) is 0 Å². The average Bonchev–Trinajstić information content (AvgIpc) is 2.97. The molecule has 0 N–H and O–H groups in total. The van der Waals surface area contributed by atoms with E-state index in [0.29, 0.717) is 6.61 Å². The molecule has 2 aromatic rings. The molecule has 0 amide bonds. The van der Waals surface area contributed by atoms with E-state index in [2.05, 4.69) is 59.4 Å². The molecule has 3 rings (SSSR count). The summed E-state index contributed by atoms with van der Waals surface area (Å²) < 4.78 is 10.5. The summed E-state index contributed by atoms with van der Waals surface area (Å²) in [6, 6.07) is 8.48. The van der Waals surface area contributed by atoms with Gasteiger partial charge in [-0.15, -0.1) is 0 Å². The Balaban J connectivity index is 1.60. The zero-order valence-corrected chi connectivity index (χ0v) is 14.2. The van der Waals surface area contributed by atoms with Gasteiger partial charge in [0.25, 0.3) is 0 Å². The Morgan fingerprint density at radius 3 is 2.48 bits per heavy atom. The third-order valence-corrected chi connectivity index (χ3v) is 4.82. The molecule has 21 heavy (non-hydrogen) atoms. The van der Waals surface area contributed by atoms with Gasteiger partial charge in [-0.2, -0.15) is 4.37 Å². The van der Waals surface area contributed by atoms with Gasteiger partial charge in [0.05, 0.1) is 0 Å². The standard InChI is InChI=1S/C14H17BrN4OS/c1-20-10-13-16-14(21-17-13)19-8-6-18(7-9-19)12-4-2-11(15)3-5-12/h2-5H,6-10H2,1H3. The number of rotatable bonds is 4. The molecule has 1 aromatic carbocycles. The van der Waals surface area contributed by atoms with Crippen LogP contribution >= 0.6 is 27.5 Å². The first-order valence-corrected chi connectivity index (χ1v) is 8.40. The molecule has 0 unspecified atom stereocenters. The van der Waals surface area contributed by atoms with Crippen LogP contribution in [0.3, 0.4) is 0 Å². The molecule has 1 saturated heterocycles. The van der Waals surface area contributed by atoms with Gasteiger partial charge >= 0.3 is 0 Å². The summed E-state index contributed by atoms with van der Waals surface area (Å²) >= 11 is 4.93. The minimum atomic E-state index is 0.482. The molecule has 0 saturated carbocycles. The molecule has 0 spiro atoms. The van der Waals surface area contributed by atoms with Gasteiger partial charge in [0.1, 0.15) is 6.61 Å². The topological polar surface area (TPSA) is 41.5 Å². The van der Waals surface area contributed by atoms with Crippen molar-refractivity contribution in [3.8, 4) is 0 Å². The summed E-state index contributed by atoms with van der Waals surface area (Å²) in [6.45, 7) is 4.42. The third kappa shape index (κ3) is 3.53. The molecule has 112 valence electrons. The van der Waals surface area contributed by atoms with Gasteiger partial charge in [0.15, 0.2) is 5.82 Å². The molecule has 5 nitrogen and oxygen atoms in total. The number of nitrogens with zero attached hydrogens (tertiary/aromatic N) is 4. The molecule has 7 heteroatoms.